The number of rotatable bonds is 2. The molecule has 1 aliphatic rings. The van der Waals surface area contributed by atoms with Crippen LogP contribution in [0.5, 0.6) is 0 Å². The summed E-state index contributed by atoms with van der Waals surface area (Å²) < 4.78 is 0. The molecular formula is C18H19ClN2O. The third-order valence-electron chi connectivity index (χ3n) is 4.20. The standard InChI is InChI=1S/C18H19ClN2O/c1-21(18(22)20-15-9-5-8-14(19)12-15)17-11-4-7-13-6-2-3-10-16(13)17/h2-3,5-6,8-10,12,17H,4,7,11H2,1H3,(H,20,22). The van der Waals surface area contributed by atoms with E-state index in [0.29, 0.717) is 10.7 Å². The summed E-state index contributed by atoms with van der Waals surface area (Å²) >= 11 is 5.96. The van der Waals surface area contributed by atoms with E-state index in [2.05, 4.69) is 23.5 Å². The van der Waals surface area contributed by atoms with Crippen molar-refractivity contribution in [3.8, 4) is 0 Å². The number of nitrogens with one attached hydrogen (secondary N) is 1. The van der Waals surface area contributed by atoms with Gasteiger partial charge in [-0.05, 0) is 48.6 Å². The van der Waals surface area contributed by atoms with Crippen molar-refractivity contribution in [2.24, 2.45) is 0 Å². The van der Waals surface area contributed by atoms with Crippen LogP contribution in [-0.2, 0) is 6.42 Å². The Kier molecular flexibility index (Phi) is 4.34. The quantitative estimate of drug-likeness (QED) is 0.841. The normalized spacial score (nSPS) is 16.7. The zero-order chi connectivity index (χ0) is 15.5. The number of fused-ring (bicyclic) bond motifs is 1. The Bertz CT molecular complexity index is 686. The van der Waals surface area contributed by atoms with Crippen molar-refractivity contribution in [3.05, 3.63) is 64.7 Å². The minimum atomic E-state index is -0.107. The average molecular weight is 315 g/mol. The lowest BCUT2D eigenvalue weighted by Gasteiger charge is -2.33. The summed E-state index contributed by atoms with van der Waals surface area (Å²) in [4.78, 5) is 14.3. The summed E-state index contributed by atoms with van der Waals surface area (Å²) in [5, 5.41) is 3.53. The minimum absolute atomic E-state index is 0.107. The van der Waals surface area contributed by atoms with Crippen LogP contribution in [0.1, 0.15) is 30.0 Å². The van der Waals surface area contributed by atoms with Crippen LogP contribution in [0.25, 0.3) is 0 Å². The molecule has 1 aliphatic carbocycles. The second-order valence-electron chi connectivity index (χ2n) is 5.66. The fraction of sp³-hybridized carbons (Fsp3) is 0.278. The van der Waals surface area contributed by atoms with E-state index in [9.17, 15) is 4.79 Å². The van der Waals surface area contributed by atoms with Gasteiger partial charge in [0.05, 0.1) is 6.04 Å². The first-order chi connectivity index (χ1) is 10.6. The van der Waals surface area contributed by atoms with E-state index in [-0.39, 0.29) is 12.1 Å². The van der Waals surface area contributed by atoms with Crippen molar-refractivity contribution in [2.45, 2.75) is 25.3 Å². The number of hydrogen-bond donors (Lipinski definition) is 1. The van der Waals surface area contributed by atoms with Crippen LogP contribution in [0.2, 0.25) is 5.02 Å². The maximum absolute atomic E-state index is 12.5. The Labute approximate surface area is 135 Å². The van der Waals surface area contributed by atoms with Gasteiger partial charge in [-0.15, -0.1) is 0 Å². The largest absolute Gasteiger partial charge is 0.322 e. The highest BCUT2D eigenvalue weighted by atomic mass is 35.5. The first kappa shape index (κ1) is 14.9. The van der Waals surface area contributed by atoms with Crippen LogP contribution in [0.4, 0.5) is 10.5 Å². The minimum Gasteiger partial charge on any atom is -0.321 e. The van der Waals surface area contributed by atoms with Gasteiger partial charge in [-0.25, -0.2) is 4.79 Å². The third-order valence-corrected chi connectivity index (χ3v) is 4.44. The van der Waals surface area contributed by atoms with E-state index in [1.807, 2.05) is 25.2 Å². The van der Waals surface area contributed by atoms with Gasteiger partial charge in [0.15, 0.2) is 0 Å². The van der Waals surface area contributed by atoms with Crippen LogP contribution in [-0.4, -0.2) is 18.0 Å². The number of aryl methyl sites for hydroxylation is 1. The molecule has 0 fully saturated rings. The summed E-state index contributed by atoms with van der Waals surface area (Å²) in [6.45, 7) is 0. The molecule has 0 saturated heterocycles. The summed E-state index contributed by atoms with van der Waals surface area (Å²) in [7, 11) is 1.85. The molecule has 0 radical (unpaired) electrons. The molecule has 0 heterocycles. The first-order valence-corrected chi connectivity index (χ1v) is 7.90. The molecule has 22 heavy (non-hydrogen) atoms. The maximum atomic E-state index is 12.5. The van der Waals surface area contributed by atoms with E-state index >= 15 is 0 Å². The molecule has 0 spiro atoms. The Morgan fingerprint density at radius 2 is 2.05 bits per heavy atom. The van der Waals surface area contributed by atoms with E-state index in [1.54, 1.807) is 17.0 Å². The number of amides is 2. The van der Waals surface area contributed by atoms with Gasteiger partial charge in [0.1, 0.15) is 0 Å². The van der Waals surface area contributed by atoms with Crippen LogP contribution in [0.15, 0.2) is 48.5 Å². The lowest BCUT2D eigenvalue weighted by Crippen LogP contribution is -2.36. The summed E-state index contributed by atoms with van der Waals surface area (Å²) in [6, 6.07) is 15.6. The van der Waals surface area contributed by atoms with Crippen molar-refractivity contribution in [2.75, 3.05) is 12.4 Å². The van der Waals surface area contributed by atoms with Gasteiger partial charge in [-0.1, -0.05) is 41.9 Å². The van der Waals surface area contributed by atoms with Gasteiger partial charge < -0.3 is 10.2 Å². The number of halogens is 1. The molecule has 0 aliphatic heterocycles. The number of urea groups is 1. The molecule has 1 N–H and O–H groups in total. The van der Waals surface area contributed by atoms with Gasteiger partial charge >= 0.3 is 6.03 Å². The predicted octanol–water partition coefficient (Wildman–Crippen LogP) is 4.88. The molecule has 0 aromatic heterocycles. The number of carbonyl (C=O) groups is 1. The number of nitrogens with zero attached hydrogens (tertiary/aromatic N) is 1. The summed E-state index contributed by atoms with van der Waals surface area (Å²) in [6.07, 6.45) is 3.20. The summed E-state index contributed by atoms with van der Waals surface area (Å²) in [5.41, 5.74) is 3.33. The zero-order valence-corrected chi connectivity index (χ0v) is 13.3. The molecular weight excluding hydrogens is 296 g/mol. The van der Waals surface area contributed by atoms with Crippen molar-refractivity contribution < 1.29 is 4.79 Å². The Morgan fingerprint density at radius 1 is 1.23 bits per heavy atom. The molecule has 2 aromatic carbocycles. The number of carbonyl (C=O) groups excluding carboxylic acids is 1. The van der Waals surface area contributed by atoms with Gasteiger partial charge in [0, 0.05) is 17.8 Å². The van der Waals surface area contributed by atoms with Gasteiger partial charge in [0.25, 0.3) is 0 Å². The Morgan fingerprint density at radius 3 is 2.86 bits per heavy atom. The summed E-state index contributed by atoms with van der Waals surface area (Å²) in [5.74, 6) is 0. The predicted molar refractivity (Wildman–Crippen MR) is 90.4 cm³/mol. The van der Waals surface area contributed by atoms with Gasteiger partial charge in [0.2, 0.25) is 0 Å². The van der Waals surface area contributed by atoms with E-state index in [0.717, 1.165) is 19.3 Å². The van der Waals surface area contributed by atoms with E-state index in [1.165, 1.54) is 11.1 Å². The molecule has 114 valence electrons. The highest BCUT2D eigenvalue weighted by Crippen LogP contribution is 2.33. The first-order valence-electron chi connectivity index (χ1n) is 7.52. The maximum Gasteiger partial charge on any atom is 0.322 e. The Hall–Kier alpha value is -2.00. The van der Waals surface area contributed by atoms with Crippen LogP contribution in [0, 0.1) is 0 Å². The Balaban J connectivity index is 1.77. The van der Waals surface area contributed by atoms with Crippen molar-refractivity contribution in [3.63, 3.8) is 0 Å². The molecule has 2 aromatic rings. The molecule has 1 atom stereocenters. The van der Waals surface area contributed by atoms with Crippen LogP contribution >= 0.6 is 11.6 Å². The molecule has 1 unspecified atom stereocenters. The molecule has 3 rings (SSSR count). The average Bonchev–Trinajstić information content (AvgIpc) is 2.53. The van der Waals surface area contributed by atoms with Gasteiger partial charge in [-0.3, -0.25) is 0 Å². The zero-order valence-electron chi connectivity index (χ0n) is 12.6. The highest BCUT2D eigenvalue weighted by Gasteiger charge is 2.26. The second-order valence-corrected chi connectivity index (χ2v) is 6.09. The van der Waals surface area contributed by atoms with Crippen molar-refractivity contribution in [1.29, 1.82) is 0 Å². The fourth-order valence-electron chi connectivity index (χ4n) is 3.05. The van der Waals surface area contributed by atoms with Crippen molar-refractivity contribution >= 4 is 23.3 Å². The number of anilines is 1. The lowest BCUT2D eigenvalue weighted by atomic mass is 9.87. The molecule has 2 amide bonds. The topological polar surface area (TPSA) is 32.3 Å². The van der Waals surface area contributed by atoms with Crippen molar-refractivity contribution in [1.82, 2.24) is 4.90 Å². The van der Waals surface area contributed by atoms with Crippen LogP contribution < -0.4 is 5.32 Å². The number of hydrogen-bond acceptors (Lipinski definition) is 1. The highest BCUT2D eigenvalue weighted by molar-refractivity contribution is 6.30. The molecule has 0 saturated carbocycles. The third kappa shape index (κ3) is 3.09. The smallest absolute Gasteiger partial charge is 0.321 e. The molecule has 3 nitrogen and oxygen atoms in total. The molecule has 4 heteroatoms. The van der Waals surface area contributed by atoms with E-state index < -0.39 is 0 Å². The molecule has 0 bridgehead atoms. The lowest BCUT2D eigenvalue weighted by molar-refractivity contribution is 0.197. The monoisotopic (exact) mass is 314 g/mol. The second kappa shape index (κ2) is 6.41. The SMILES string of the molecule is CN(C(=O)Nc1cccc(Cl)c1)C1CCCc2ccccc21. The van der Waals surface area contributed by atoms with Gasteiger partial charge in [-0.2, -0.15) is 0 Å². The van der Waals surface area contributed by atoms with Crippen LogP contribution in [0.3, 0.4) is 0 Å². The fourth-order valence-corrected chi connectivity index (χ4v) is 3.24. The number of benzene rings is 2. The van der Waals surface area contributed by atoms with E-state index in [4.69, 9.17) is 11.6 Å².